The first-order valence-electron chi connectivity index (χ1n) is 5.86. The van der Waals surface area contributed by atoms with E-state index >= 15 is 0 Å². The average molecular weight is 223 g/mol. The Bertz CT molecular complexity index is 328. The number of rotatable bonds is 4. The number of hydrogen-bond acceptors (Lipinski definition) is 1. The molecule has 1 aromatic rings. The second-order valence-corrected chi connectivity index (χ2v) is 5.34. The number of aryl methyl sites for hydroxylation is 1. The van der Waals surface area contributed by atoms with E-state index in [4.69, 9.17) is 0 Å². The molecule has 0 fully saturated rings. The van der Waals surface area contributed by atoms with E-state index in [0.29, 0.717) is 6.04 Å². The van der Waals surface area contributed by atoms with Gasteiger partial charge in [-0.15, -0.1) is 0 Å². The predicted molar refractivity (Wildman–Crippen MR) is 67.0 cm³/mol. The summed E-state index contributed by atoms with van der Waals surface area (Å²) in [7, 11) is 1.97. The highest BCUT2D eigenvalue weighted by atomic mass is 19.1. The summed E-state index contributed by atoms with van der Waals surface area (Å²) in [5.41, 5.74) is 1.02. The summed E-state index contributed by atoms with van der Waals surface area (Å²) in [6.07, 6.45) is 1.75. The van der Waals surface area contributed by atoms with Gasteiger partial charge < -0.3 is 5.32 Å². The first-order chi connectivity index (χ1) is 7.45. The van der Waals surface area contributed by atoms with Crippen molar-refractivity contribution in [1.29, 1.82) is 0 Å². The highest BCUT2D eigenvalue weighted by Gasteiger charge is 2.22. The molecule has 1 nitrogen and oxygen atoms in total. The molecule has 0 saturated heterocycles. The number of halogens is 1. The molecule has 16 heavy (non-hydrogen) atoms. The molecule has 0 saturated carbocycles. The van der Waals surface area contributed by atoms with Crippen molar-refractivity contribution in [2.75, 3.05) is 7.05 Å². The molecule has 1 aromatic carbocycles. The smallest absolute Gasteiger partial charge is 0.126 e. The van der Waals surface area contributed by atoms with E-state index in [1.807, 2.05) is 19.2 Å². The van der Waals surface area contributed by atoms with Crippen molar-refractivity contribution in [3.05, 3.63) is 35.6 Å². The molecule has 0 aromatic heterocycles. The van der Waals surface area contributed by atoms with Crippen molar-refractivity contribution in [2.24, 2.45) is 5.41 Å². The van der Waals surface area contributed by atoms with Crippen molar-refractivity contribution >= 4 is 0 Å². The van der Waals surface area contributed by atoms with Gasteiger partial charge in [0.15, 0.2) is 0 Å². The zero-order valence-electron chi connectivity index (χ0n) is 10.7. The molecular formula is C14H22FN. The van der Waals surface area contributed by atoms with E-state index < -0.39 is 0 Å². The minimum atomic E-state index is -0.0914. The third-order valence-electron chi connectivity index (χ3n) is 3.05. The Labute approximate surface area is 98.1 Å². The van der Waals surface area contributed by atoms with Crippen LogP contribution in [0.4, 0.5) is 4.39 Å². The lowest BCUT2D eigenvalue weighted by Gasteiger charge is -2.30. The summed E-state index contributed by atoms with van der Waals surface area (Å²) in [6, 6.07) is 7.43. The first-order valence-corrected chi connectivity index (χ1v) is 5.86. The Morgan fingerprint density at radius 3 is 2.38 bits per heavy atom. The van der Waals surface area contributed by atoms with Gasteiger partial charge in [-0.3, -0.25) is 0 Å². The summed E-state index contributed by atoms with van der Waals surface area (Å²) >= 11 is 0. The van der Waals surface area contributed by atoms with Crippen LogP contribution < -0.4 is 5.32 Å². The summed E-state index contributed by atoms with van der Waals surface area (Å²) < 4.78 is 13.4. The van der Waals surface area contributed by atoms with Gasteiger partial charge in [-0.25, -0.2) is 4.39 Å². The SMILES string of the molecule is CNC(CCc1ccccc1F)C(C)(C)C. The van der Waals surface area contributed by atoms with Crippen molar-refractivity contribution in [3.8, 4) is 0 Å². The van der Waals surface area contributed by atoms with Gasteiger partial charge in [0.1, 0.15) is 5.82 Å². The molecule has 0 amide bonds. The van der Waals surface area contributed by atoms with Crippen LogP contribution in [0.5, 0.6) is 0 Å². The van der Waals surface area contributed by atoms with E-state index in [1.165, 1.54) is 6.07 Å². The van der Waals surface area contributed by atoms with Gasteiger partial charge in [0.25, 0.3) is 0 Å². The third kappa shape index (κ3) is 3.60. The van der Waals surface area contributed by atoms with Crippen LogP contribution in [0.15, 0.2) is 24.3 Å². The number of hydrogen-bond donors (Lipinski definition) is 1. The van der Waals surface area contributed by atoms with Crippen LogP contribution in [0.1, 0.15) is 32.8 Å². The molecule has 0 aliphatic rings. The lowest BCUT2D eigenvalue weighted by Crippen LogP contribution is -2.38. The van der Waals surface area contributed by atoms with Gasteiger partial charge in [-0.1, -0.05) is 39.0 Å². The zero-order chi connectivity index (χ0) is 12.2. The molecule has 1 N–H and O–H groups in total. The summed E-state index contributed by atoms with van der Waals surface area (Å²) in [5.74, 6) is -0.0914. The van der Waals surface area contributed by atoms with Gasteiger partial charge in [0.2, 0.25) is 0 Å². The molecule has 90 valence electrons. The van der Waals surface area contributed by atoms with Crippen molar-refractivity contribution < 1.29 is 4.39 Å². The fourth-order valence-electron chi connectivity index (χ4n) is 2.01. The Balaban J connectivity index is 2.60. The summed E-state index contributed by atoms with van der Waals surface area (Å²) in [5, 5.41) is 3.31. The standard InChI is InChI=1S/C14H22FN/c1-14(2,3)13(16-4)10-9-11-7-5-6-8-12(11)15/h5-8,13,16H,9-10H2,1-4H3. The van der Waals surface area contributed by atoms with Crippen LogP contribution >= 0.6 is 0 Å². The van der Waals surface area contributed by atoms with Crippen LogP contribution in [0.2, 0.25) is 0 Å². The first kappa shape index (κ1) is 13.2. The number of benzene rings is 1. The molecule has 0 aliphatic carbocycles. The molecule has 0 heterocycles. The van der Waals surface area contributed by atoms with Crippen molar-refractivity contribution in [2.45, 2.75) is 39.7 Å². The Kier molecular flexibility index (Phi) is 4.48. The van der Waals surface area contributed by atoms with E-state index in [-0.39, 0.29) is 11.2 Å². The molecule has 0 radical (unpaired) electrons. The zero-order valence-corrected chi connectivity index (χ0v) is 10.7. The minimum Gasteiger partial charge on any atom is -0.316 e. The van der Waals surface area contributed by atoms with Crippen molar-refractivity contribution in [3.63, 3.8) is 0 Å². The lowest BCUT2D eigenvalue weighted by molar-refractivity contribution is 0.267. The van der Waals surface area contributed by atoms with Crippen LogP contribution in [-0.4, -0.2) is 13.1 Å². The maximum absolute atomic E-state index is 13.4. The van der Waals surface area contributed by atoms with Gasteiger partial charge in [-0.05, 0) is 36.9 Å². The quantitative estimate of drug-likeness (QED) is 0.825. The second kappa shape index (κ2) is 5.44. The highest BCUT2D eigenvalue weighted by molar-refractivity contribution is 5.17. The highest BCUT2D eigenvalue weighted by Crippen LogP contribution is 2.23. The van der Waals surface area contributed by atoms with Gasteiger partial charge in [0, 0.05) is 6.04 Å². The average Bonchev–Trinajstić information content (AvgIpc) is 2.19. The molecule has 0 spiro atoms. The molecule has 0 bridgehead atoms. The number of nitrogens with one attached hydrogen (secondary N) is 1. The van der Waals surface area contributed by atoms with E-state index in [9.17, 15) is 4.39 Å². The van der Waals surface area contributed by atoms with Gasteiger partial charge in [0.05, 0.1) is 0 Å². The van der Waals surface area contributed by atoms with E-state index in [2.05, 4.69) is 26.1 Å². The fraction of sp³-hybridized carbons (Fsp3) is 0.571. The molecule has 0 aliphatic heterocycles. The van der Waals surface area contributed by atoms with Crippen LogP contribution in [0.3, 0.4) is 0 Å². The van der Waals surface area contributed by atoms with E-state index in [0.717, 1.165) is 18.4 Å². The predicted octanol–water partition coefficient (Wildman–Crippen LogP) is 3.39. The molecule has 1 rings (SSSR count). The van der Waals surface area contributed by atoms with Crippen molar-refractivity contribution in [1.82, 2.24) is 5.32 Å². The summed E-state index contributed by atoms with van der Waals surface area (Å²) in [4.78, 5) is 0. The Morgan fingerprint density at radius 1 is 1.25 bits per heavy atom. The molecule has 2 heteroatoms. The largest absolute Gasteiger partial charge is 0.316 e. The minimum absolute atomic E-state index is 0.0914. The van der Waals surface area contributed by atoms with E-state index in [1.54, 1.807) is 6.07 Å². The fourth-order valence-corrected chi connectivity index (χ4v) is 2.01. The third-order valence-corrected chi connectivity index (χ3v) is 3.05. The molecule has 1 unspecified atom stereocenters. The Hall–Kier alpha value is -0.890. The Morgan fingerprint density at radius 2 is 1.88 bits per heavy atom. The lowest BCUT2D eigenvalue weighted by atomic mass is 9.83. The van der Waals surface area contributed by atoms with Gasteiger partial charge >= 0.3 is 0 Å². The second-order valence-electron chi connectivity index (χ2n) is 5.34. The molecular weight excluding hydrogens is 201 g/mol. The maximum atomic E-state index is 13.4. The summed E-state index contributed by atoms with van der Waals surface area (Å²) in [6.45, 7) is 6.61. The van der Waals surface area contributed by atoms with Crippen LogP contribution in [-0.2, 0) is 6.42 Å². The van der Waals surface area contributed by atoms with Gasteiger partial charge in [-0.2, -0.15) is 0 Å². The van der Waals surface area contributed by atoms with Crippen LogP contribution in [0.25, 0.3) is 0 Å². The van der Waals surface area contributed by atoms with Crippen LogP contribution in [0, 0.1) is 11.2 Å². The maximum Gasteiger partial charge on any atom is 0.126 e. The normalized spacial score (nSPS) is 13.8. The molecule has 1 atom stereocenters. The monoisotopic (exact) mass is 223 g/mol. The topological polar surface area (TPSA) is 12.0 Å².